The van der Waals surface area contributed by atoms with Crippen molar-refractivity contribution in [3.63, 3.8) is 0 Å². The van der Waals surface area contributed by atoms with E-state index in [0.717, 1.165) is 13.0 Å². The smallest absolute Gasteiger partial charge is 0.265 e. The van der Waals surface area contributed by atoms with Gasteiger partial charge in [-0.15, -0.1) is 0 Å². The van der Waals surface area contributed by atoms with E-state index in [2.05, 4.69) is 12.1 Å². The Morgan fingerprint density at radius 3 is 3.00 bits per heavy atom. The molecule has 0 aromatic carbocycles. The highest BCUT2D eigenvalue weighted by Gasteiger charge is 2.19. The summed E-state index contributed by atoms with van der Waals surface area (Å²) in [5.74, 6) is 0. The quantitative estimate of drug-likeness (QED) is 0.543. The molecule has 1 atom stereocenters. The number of rotatable bonds is 3. The summed E-state index contributed by atoms with van der Waals surface area (Å²) in [5.41, 5.74) is 0. The van der Waals surface area contributed by atoms with Crippen molar-refractivity contribution in [2.45, 2.75) is 19.4 Å². The first-order chi connectivity index (χ1) is 5.72. The van der Waals surface area contributed by atoms with Crippen molar-refractivity contribution < 1.29 is 14.5 Å². The minimum atomic E-state index is -2.03. The summed E-state index contributed by atoms with van der Waals surface area (Å²) in [7, 11) is -2.03. The van der Waals surface area contributed by atoms with Crippen LogP contribution < -0.4 is 5.20 Å². The number of hydrogen-bond acceptors (Lipinski definition) is 5. The Kier molecular flexibility index (Phi) is 4.35. The minimum absolute atomic E-state index is 0.209. The molecule has 72 valence electrons. The van der Waals surface area contributed by atoms with Crippen LogP contribution in [0.1, 0.15) is 13.3 Å². The average molecular weight is 194 g/mol. The second kappa shape index (κ2) is 5.07. The molecule has 0 bridgehead atoms. The summed E-state index contributed by atoms with van der Waals surface area (Å²) in [6.45, 7) is 4.12. The lowest BCUT2D eigenvalue weighted by molar-refractivity contribution is -0.0390. The van der Waals surface area contributed by atoms with Gasteiger partial charge in [0.15, 0.2) is 0 Å². The maximum atomic E-state index is 8.69. The van der Waals surface area contributed by atoms with Gasteiger partial charge in [0.1, 0.15) is 0 Å². The van der Waals surface area contributed by atoms with Crippen LogP contribution in [0.25, 0.3) is 0 Å². The number of nitrogens with zero attached hydrogens (tertiary/aromatic N) is 1. The van der Waals surface area contributed by atoms with Gasteiger partial charge in [-0.05, 0) is 6.42 Å². The van der Waals surface area contributed by atoms with Crippen molar-refractivity contribution >= 4 is 8.53 Å². The molecule has 0 amide bonds. The molecule has 0 saturated carbocycles. The normalized spacial score (nSPS) is 26.5. The number of nitrogens with one attached hydrogen (secondary N) is 1. The fraction of sp³-hybridized carbons (Fsp3) is 1.00. The zero-order valence-electron chi connectivity index (χ0n) is 7.10. The van der Waals surface area contributed by atoms with Crippen molar-refractivity contribution in [3.8, 4) is 0 Å². The molecule has 5 nitrogen and oxygen atoms in total. The topological polar surface area (TPSA) is 65.0 Å². The van der Waals surface area contributed by atoms with Crippen molar-refractivity contribution in [1.29, 1.82) is 0 Å². The molecule has 1 saturated heterocycles. The van der Waals surface area contributed by atoms with Crippen LogP contribution in [0.3, 0.4) is 0 Å². The Morgan fingerprint density at radius 2 is 2.42 bits per heavy atom. The van der Waals surface area contributed by atoms with E-state index in [-0.39, 0.29) is 6.10 Å². The monoisotopic (exact) mass is 194 g/mol. The first-order valence-electron chi connectivity index (χ1n) is 4.03. The maximum absolute atomic E-state index is 8.69. The Labute approximate surface area is 73.3 Å². The summed E-state index contributed by atoms with van der Waals surface area (Å²) in [4.78, 5) is 17.4. The van der Waals surface area contributed by atoms with E-state index >= 15 is 0 Å². The van der Waals surface area contributed by atoms with Gasteiger partial charge in [-0.3, -0.25) is 0 Å². The van der Waals surface area contributed by atoms with Gasteiger partial charge in [-0.25, -0.2) is 5.01 Å². The molecule has 1 heterocycles. The molecule has 1 fully saturated rings. The third kappa shape index (κ3) is 3.31. The van der Waals surface area contributed by atoms with Gasteiger partial charge in [-0.1, -0.05) is 6.92 Å². The van der Waals surface area contributed by atoms with Gasteiger partial charge in [0.2, 0.25) is 0 Å². The molecular weight excluding hydrogens is 179 g/mol. The third-order valence-corrected chi connectivity index (χ3v) is 2.29. The summed E-state index contributed by atoms with van der Waals surface area (Å²) in [6, 6.07) is 0. The summed E-state index contributed by atoms with van der Waals surface area (Å²) in [5, 5.41) is 4.37. The molecule has 3 N–H and O–H groups in total. The largest absolute Gasteiger partial charge is 0.375 e. The van der Waals surface area contributed by atoms with Gasteiger partial charge in [0.05, 0.1) is 12.7 Å². The Hall–Kier alpha value is 0.230. The lowest BCUT2D eigenvalue weighted by Gasteiger charge is -2.32. The average Bonchev–Trinajstić information content (AvgIpc) is 2.03. The van der Waals surface area contributed by atoms with Crippen molar-refractivity contribution in [2.24, 2.45) is 0 Å². The van der Waals surface area contributed by atoms with Gasteiger partial charge < -0.3 is 14.5 Å². The predicted molar refractivity (Wildman–Crippen MR) is 46.1 cm³/mol. The number of hydrogen-bond donors (Lipinski definition) is 3. The maximum Gasteiger partial charge on any atom is 0.265 e. The molecule has 0 aliphatic carbocycles. The highest BCUT2D eigenvalue weighted by molar-refractivity contribution is 7.42. The number of morpholine rings is 1. The van der Waals surface area contributed by atoms with Crippen LogP contribution in [0, 0.1) is 0 Å². The molecule has 1 aliphatic rings. The lowest BCUT2D eigenvalue weighted by Crippen LogP contribution is -2.47. The van der Waals surface area contributed by atoms with Gasteiger partial charge >= 0.3 is 0 Å². The van der Waals surface area contributed by atoms with Gasteiger partial charge in [0.25, 0.3) is 8.53 Å². The van der Waals surface area contributed by atoms with Crippen LogP contribution in [-0.4, -0.2) is 40.6 Å². The fourth-order valence-corrected chi connectivity index (χ4v) is 1.62. The lowest BCUT2D eigenvalue weighted by atomic mass is 10.2. The molecule has 0 aromatic heterocycles. The molecular formula is C6H15N2O3P. The molecule has 0 radical (unpaired) electrons. The SMILES string of the molecule is CCC1CN(NP(O)O)CCO1. The minimum Gasteiger partial charge on any atom is -0.375 e. The van der Waals surface area contributed by atoms with E-state index in [9.17, 15) is 0 Å². The zero-order chi connectivity index (χ0) is 8.97. The molecule has 1 aliphatic heterocycles. The third-order valence-electron chi connectivity index (χ3n) is 1.82. The highest BCUT2D eigenvalue weighted by atomic mass is 31.2. The molecule has 0 aromatic rings. The number of hydrazine groups is 1. The summed E-state index contributed by atoms with van der Waals surface area (Å²) >= 11 is 0. The van der Waals surface area contributed by atoms with Crippen LogP contribution >= 0.6 is 8.53 Å². The first kappa shape index (κ1) is 10.3. The van der Waals surface area contributed by atoms with E-state index in [0.29, 0.717) is 13.2 Å². The number of ether oxygens (including phenoxy) is 1. The van der Waals surface area contributed by atoms with Crippen molar-refractivity contribution in [1.82, 2.24) is 10.2 Å². The first-order valence-corrected chi connectivity index (χ1v) is 5.27. The van der Waals surface area contributed by atoms with E-state index in [1.165, 1.54) is 0 Å². The van der Waals surface area contributed by atoms with Crippen LogP contribution in [-0.2, 0) is 4.74 Å². The molecule has 1 unspecified atom stereocenters. The zero-order valence-corrected chi connectivity index (χ0v) is 8.00. The van der Waals surface area contributed by atoms with Crippen LogP contribution in [0.5, 0.6) is 0 Å². The molecule has 6 heteroatoms. The highest BCUT2D eigenvalue weighted by Crippen LogP contribution is 2.18. The van der Waals surface area contributed by atoms with Crippen LogP contribution in [0.15, 0.2) is 0 Å². The van der Waals surface area contributed by atoms with Crippen LogP contribution in [0.4, 0.5) is 0 Å². The van der Waals surface area contributed by atoms with Crippen LogP contribution in [0.2, 0.25) is 0 Å². The molecule has 1 rings (SSSR count). The predicted octanol–water partition coefficient (Wildman–Crippen LogP) is -0.187. The molecule has 12 heavy (non-hydrogen) atoms. The summed E-state index contributed by atoms with van der Waals surface area (Å²) in [6.07, 6.45) is 1.16. The Morgan fingerprint density at radius 1 is 1.67 bits per heavy atom. The Bertz CT molecular complexity index is 136. The van der Waals surface area contributed by atoms with Gasteiger partial charge in [-0.2, -0.15) is 5.20 Å². The van der Waals surface area contributed by atoms with Crippen molar-refractivity contribution in [3.05, 3.63) is 0 Å². The fourth-order valence-electron chi connectivity index (χ4n) is 1.18. The van der Waals surface area contributed by atoms with E-state index in [4.69, 9.17) is 14.5 Å². The second-order valence-electron chi connectivity index (χ2n) is 2.74. The summed E-state index contributed by atoms with van der Waals surface area (Å²) < 4.78 is 5.40. The van der Waals surface area contributed by atoms with Gasteiger partial charge in [0, 0.05) is 13.1 Å². The van der Waals surface area contributed by atoms with E-state index in [1.807, 2.05) is 0 Å². The van der Waals surface area contributed by atoms with E-state index in [1.54, 1.807) is 5.01 Å². The van der Waals surface area contributed by atoms with Crippen molar-refractivity contribution in [2.75, 3.05) is 19.7 Å². The molecule has 0 spiro atoms. The second-order valence-corrected chi connectivity index (χ2v) is 3.52. The standard InChI is InChI=1S/C6H15N2O3P/c1-2-6-5-8(3-4-11-6)7-12(9)10/h6-7,9-10H,2-5H2,1H3. The Balaban J connectivity index is 2.25. The van der Waals surface area contributed by atoms with E-state index < -0.39 is 8.53 Å².